The lowest BCUT2D eigenvalue weighted by Crippen LogP contribution is -2.23. The number of benzene rings is 2. The largest absolute Gasteiger partial charge is 0.506 e. The summed E-state index contributed by atoms with van der Waals surface area (Å²) in [5, 5.41) is 24.9. The molecule has 0 spiro atoms. The number of anilines is 1. The zero-order chi connectivity index (χ0) is 24.6. The van der Waals surface area contributed by atoms with Gasteiger partial charge in [0.05, 0.1) is 38.3 Å². The average molecular weight is 520 g/mol. The summed E-state index contributed by atoms with van der Waals surface area (Å²) in [4.78, 5) is 40.5. The summed E-state index contributed by atoms with van der Waals surface area (Å²) in [6.07, 6.45) is 3.87. The molecule has 2 aromatic carbocycles. The van der Waals surface area contributed by atoms with Crippen molar-refractivity contribution in [2.24, 2.45) is 0 Å². The number of aromatic nitrogens is 2. The number of pyridine rings is 1. The fraction of sp³-hybridized carbons (Fsp3) is 0.0455. The number of para-hydroxylation sites is 1. The van der Waals surface area contributed by atoms with E-state index >= 15 is 0 Å². The third-order valence-electron chi connectivity index (χ3n) is 5.00. The van der Waals surface area contributed by atoms with Crippen molar-refractivity contribution in [3.8, 4) is 5.75 Å². The van der Waals surface area contributed by atoms with Crippen LogP contribution in [0.2, 0.25) is 15.1 Å². The molecule has 4 aromatic rings. The average Bonchev–Trinajstić information content (AvgIpc) is 3.16. The topological polar surface area (TPSA) is 127 Å². The second-order valence-electron chi connectivity index (χ2n) is 7.14. The van der Waals surface area contributed by atoms with Gasteiger partial charge in [-0.25, -0.2) is 0 Å². The maximum absolute atomic E-state index is 13.0. The molecule has 2 N–H and O–H groups in total. The van der Waals surface area contributed by atoms with Crippen LogP contribution in [0.1, 0.15) is 15.9 Å². The second-order valence-corrected chi connectivity index (χ2v) is 8.39. The van der Waals surface area contributed by atoms with Gasteiger partial charge < -0.3 is 15.0 Å². The molecule has 0 atom stereocenters. The molecule has 0 saturated heterocycles. The van der Waals surface area contributed by atoms with Crippen molar-refractivity contribution >= 4 is 68.8 Å². The number of Topliss-reactive ketones (excluding diaryl/α,β-unsaturated/α-hetero) is 1. The molecule has 0 fully saturated rings. The van der Waals surface area contributed by atoms with E-state index in [1.165, 1.54) is 53.5 Å². The first-order valence-corrected chi connectivity index (χ1v) is 10.7. The Morgan fingerprint density at radius 1 is 1.12 bits per heavy atom. The molecule has 34 heavy (non-hydrogen) atoms. The number of nitrogens with one attached hydrogen (secondary N) is 1. The Kier molecular flexibility index (Phi) is 6.43. The van der Waals surface area contributed by atoms with Gasteiger partial charge in [-0.05, 0) is 18.2 Å². The van der Waals surface area contributed by atoms with Crippen LogP contribution in [0.25, 0.3) is 10.9 Å². The van der Waals surface area contributed by atoms with Crippen LogP contribution in [0.4, 0.5) is 11.4 Å². The fourth-order valence-corrected chi connectivity index (χ4v) is 4.12. The lowest BCUT2D eigenvalue weighted by atomic mass is 10.1. The smallest absolute Gasteiger partial charge is 0.296 e. The van der Waals surface area contributed by atoms with Crippen molar-refractivity contribution in [1.82, 2.24) is 9.55 Å². The number of aromatic hydroxyl groups is 1. The number of ketones is 1. The van der Waals surface area contributed by atoms with Crippen LogP contribution in [-0.2, 0) is 11.3 Å². The third-order valence-corrected chi connectivity index (χ3v) is 5.81. The van der Waals surface area contributed by atoms with E-state index in [2.05, 4.69) is 10.3 Å². The van der Waals surface area contributed by atoms with E-state index in [9.17, 15) is 24.8 Å². The Morgan fingerprint density at radius 3 is 2.50 bits per heavy atom. The number of nitro groups is 1. The van der Waals surface area contributed by atoms with Crippen LogP contribution in [-0.4, -0.2) is 31.3 Å². The summed E-state index contributed by atoms with van der Waals surface area (Å²) in [7, 11) is 0. The number of phenols is 1. The highest BCUT2D eigenvalue weighted by Gasteiger charge is 2.25. The summed E-state index contributed by atoms with van der Waals surface area (Å²) in [5.41, 5.74) is 0.287. The van der Waals surface area contributed by atoms with Crippen LogP contribution < -0.4 is 5.32 Å². The quantitative estimate of drug-likeness (QED) is 0.150. The van der Waals surface area contributed by atoms with Crippen molar-refractivity contribution in [3.05, 3.63) is 91.3 Å². The van der Waals surface area contributed by atoms with E-state index in [1.807, 2.05) is 0 Å². The van der Waals surface area contributed by atoms with Gasteiger partial charge in [0.2, 0.25) is 0 Å². The Balaban J connectivity index is 1.76. The first-order chi connectivity index (χ1) is 16.2. The Hall–Kier alpha value is -3.66. The van der Waals surface area contributed by atoms with E-state index in [1.54, 1.807) is 6.07 Å². The zero-order valence-corrected chi connectivity index (χ0v) is 19.2. The molecule has 9 nitrogen and oxygen atoms in total. The highest BCUT2D eigenvalue weighted by atomic mass is 35.5. The van der Waals surface area contributed by atoms with Gasteiger partial charge in [0, 0.05) is 40.6 Å². The molecule has 0 bridgehead atoms. The van der Waals surface area contributed by atoms with Crippen molar-refractivity contribution in [1.29, 1.82) is 0 Å². The number of hydrogen-bond acceptors (Lipinski definition) is 6. The van der Waals surface area contributed by atoms with Crippen molar-refractivity contribution in [2.45, 2.75) is 6.54 Å². The molecule has 0 aliphatic heterocycles. The van der Waals surface area contributed by atoms with E-state index in [0.717, 1.165) is 0 Å². The number of phenolic OH excluding ortho intramolecular Hbond substituents is 1. The predicted molar refractivity (Wildman–Crippen MR) is 128 cm³/mol. The Labute approximate surface area is 206 Å². The molecule has 2 heterocycles. The normalized spacial score (nSPS) is 10.9. The Bertz CT molecular complexity index is 1460. The molecule has 0 unspecified atom stereocenters. The highest BCUT2D eigenvalue weighted by Crippen LogP contribution is 2.33. The van der Waals surface area contributed by atoms with Crippen LogP contribution in [0, 0.1) is 10.1 Å². The number of nitro benzene ring substituents is 1. The summed E-state index contributed by atoms with van der Waals surface area (Å²) in [6, 6.07) is 8.65. The first-order valence-electron chi connectivity index (χ1n) is 9.55. The summed E-state index contributed by atoms with van der Waals surface area (Å²) < 4.78 is 1.45. The highest BCUT2D eigenvalue weighted by molar-refractivity contribution is 6.50. The second kappa shape index (κ2) is 9.30. The molecule has 0 radical (unpaired) electrons. The minimum atomic E-state index is -1.02. The minimum Gasteiger partial charge on any atom is -0.506 e. The van der Waals surface area contributed by atoms with Crippen LogP contribution in [0.15, 0.2) is 55.0 Å². The molecular formula is C22H13Cl3N4O5. The molecule has 1 amide bonds. The number of nitrogens with zero attached hydrogens (tertiary/aromatic N) is 3. The SMILES string of the molecule is O=C(Nc1c(Cl)cncc1Cl)C(=O)c1cn(Cc2ccc(Cl)cc2[N+](=O)[O-])c2c(O)cccc12. The van der Waals surface area contributed by atoms with E-state index in [-0.39, 0.29) is 60.8 Å². The molecule has 172 valence electrons. The molecule has 4 rings (SSSR count). The number of carbonyl (C=O) groups excluding carboxylic acids is 2. The van der Waals surface area contributed by atoms with Gasteiger partial charge in [0.25, 0.3) is 17.4 Å². The molecule has 0 saturated carbocycles. The maximum Gasteiger partial charge on any atom is 0.296 e. The monoisotopic (exact) mass is 518 g/mol. The number of halogens is 3. The van der Waals surface area contributed by atoms with Gasteiger partial charge >= 0.3 is 0 Å². The van der Waals surface area contributed by atoms with E-state index < -0.39 is 16.6 Å². The van der Waals surface area contributed by atoms with Crippen LogP contribution in [0.3, 0.4) is 0 Å². The number of fused-ring (bicyclic) bond motifs is 1. The Morgan fingerprint density at radius 2 is 1.82 bits per heavy atom. The van der Waals surface area contributed by atoms with Gasteiger partial charge in [-0.3, -0.25) is 24.7 Å². The van der Waals surface area contributed by atoms with Gasteiger partial charge in [-0.1, -0.05) is 46.9 Å². The lowest BCUT2D eigenvalue weighted by molar-refractivity contribution is -0.385. The first kappa shape index (κ1) is 23.5. The van der Waals surface area contributed by atoms with Crippen LogP contribution in [0.5, 0.6) is 5.75 Å². The fourth-order valence-electron chi connectivity index (χ4n) is 3.49. The third kappa shape index (κ3) is 4.41. The van der Waals surface area contributed by atoms with Crippen molar-refractivity contribution < 1.29 is 19.6 Å². The van der Waals surface area contributed by atoms with Gasteiger partial charge in [-0.15, -0.1) is 0 Å². The standard InChI is InChI=1S/C22H13Cl3N4O5/c23-12-5-4-11(17(6-12)29(33)34)9-28-10-14(13-2-1-3-18(30)20(13)28)21(31)22(32)27-19-15(24)7-26-8-16(19)25/h1-8,10,30H,9H2,(H,26,27,32). The molecule has 0 aliphatic carbocycles. The van der Waals surface area contributed by atoms with Gasteiger partial charge in [0.1, 0.15) is 5.75 Å². The summed E-state index contributed by atoms with van der Waals surface area (Å²) in [6.45, 7) is -0.0710. The number of rotatable bonds is 6. The van der Waals surface area contributed by atoms with Gasteiger partial charge in [-0.2, -0.15) is 0 Å². The predicted octanol–water partition coefficient (Wildman–Crippen LogP) is 5.48. The zero-order valence-electron chi connectivity index (χ0n) is 17.0. The molecular weight excluding hydrogens is 507 g/mol. The van der Waals surface area contributed by atoms with E-state index in [4.69, 9.17) is 34.8 Å². The molecule has 2 aromatic heterocycles. The lowest BCUT2D eigenvalue weighted by Gasteiger charge is -2.08. The molecule has 0 aliphatic rings. The molecule has 12 heteroatoms. The minimum absolute atomic E-state index is 0.0266. The van der Waals surface area contributed by atoms with Crippen LogP contribution >= 0.6 is 34.8 Å². The van der Waals surface area contributed by atoms with Gasteiger partial charge in [0.15, 0.2) is 0 Å². The van der Waals surface area contributed by atoms with E-state index in [0.29, 0.717) is 0 Å². The van der Waals surface area contributed by atoms with Crippen molar-refractivity contribution in [3.63, 3.8) is 0 Å². The number of hydrogen-bond donors (Lipinski definition) is 2. The van der Waals surface area contributed by atoms with Crippen molar-refractivity contribution in [2.75, 3.05) is 5.32 Å². The summed E-state index contributed by atoms with van der Waals surface area (Å²) in [5.74, 6) is -2.12. The number of carbonyl (C=O) groups is 2. The maximum atomic E-state index is 13.0. The number of amides is 1. The summed E-state index contributed by atoms with van der Waals surface area (Å²) >= 11 is 17.9.